The first-order valence-corrected chi connectivity index (χ1v) is 12.7. The van der Waals surface area contributed by atoms with E-state index in [0.29, 0.717) is 25.8 Å². The molecule has 0 bridgehead atoms. The zero-order valence-electron chi connectivity index (χ0n) is 18.3. The van der Waals surface area contributed by atoms with E-state index < -0.39 is 10.8 Å². The summed E-state index contributed by atoms with van der Waals surface area (Å²) in [5.74, 6) is 1.34. The summed E-state index contributed by atoms with van der Waals surface area (Å²) in [5.41, 5.74) is 0.996. The third kappa shape index (κ3) is 6.03. The van der Waals surface area contributed by atoms with Crippen LogP contribution in [-0.2, 0) is 21.0 Å². The number of guanidine groups is 1. The van der Waals surface area contributed by atoms with Crippen LogP contribution >= 0.6 is 0 Å². The van der Waals surface area contributed by atoms with Crippen molar-refractivity contribution in [2.24, 2.45) is 4.99 Å². The molecule has 1 aromatic carbocycles. The Labute approximate surface area is 182 Å². The first kappa shape index (κ1) is 23.2. The molecule has 3 atom stereocenters. The molecule has 7 heteroatoms. The second-order valence-electron chi connectivity index (χ2n) is 8.39. The van der Waals surface area contributed by atoms with Gasteiger partial charge in [0, 0.05) is 53.0 Å². The van der Waals surface area contributed by atoms with Crippen LogP contribution in [0.25, 0.3) is 0 Å². The van der Waals surface area contributed by atoms with Crippen molar-refractivity contribution in [1.82, 2.24) is 10.6 Å². The molecule has 1 heterocycles. The Morgan fingerprint density at radius 2 is 1.97 bits per heavy atom. The van der Waals surface area contributed by atoms with E-state index in [2.05, 4.69) is 17.6 Å². The van der Waals surface area contributed by atoms with Crippen molar-refractivity contribution in [1.29, 1.82) is 0 Å². The average Bonchev–Trinajstić information content (AvgIpc) is 2.78. The van der Waals surface area contributed by atoms with Gasteiger partial charge in [-0.3, -0.25) is 9.20 Å². The second-order valence-corrected chi connectivity index (χ2v) is 10.4. The van der Waals surface area contributed by atoms with E-state index in [1.54, 1.807) is 0 Å². The fourth-order valence-corrected chi connectivity index (χ4v) is 5.95. The molecule has 1 aliphatic carbocycles. The molecule has 1 aromatic rings. The molecular formula is C23H36FN3O2S. The van der Waals surface area contributed by atoms with Crippen molar-refractivity contribution in [3.63, 3.8) is 0 Å². The number of hydrogen-bond acceptors (Lipinski definition) is 3. The molecular weight excluding hydrogens is 401 g/mol. The third-order valence-corrected chi connectivity index (χ3v) is 8.15. The highest BCUT2D eigenvalue weighted by atomic mass is 32.2. The Bertz CT molecular complexity index is 720. The van der Waals surface area contributed by atoms with Crippen molar-refractivity contribution in [2.45, 2.75) is 69.1 Å². The summed E-state index contributed by atoms with van der Waals surface area (Å²) in [4.78, 5) is 4.96. The summed E-state index contributed by atoms with van der Waals surface area (Å²) >= 11 is 0. The molecule has 2 aliphatic rings. The maximum Gasteiger partial charge on any atom is 0.191 e. The van der Waals surface area contributed by atoms with Crippen molar-refractivity contribution >= 4 is 16.8 Å². The molecule has 0 aromatic heterocycles. The van der Waals surface area contributed by atoms with Gasteiger partial charge in [0.25, 0.3) is 0 Å². The molecule has 1 aliphatic heterocycles. The van der Waals surface area contributed by atoms with Gasteiger partial charge in [-0.05, 0) is 56.7 Å². The SMILES string of the molecule is CCNC(=NCC1(c2ccc(F)cc2)CCOCC1)NC1CCCC(S(=O)CC)C1. The van der Waals surface area contributed by atoms with Gasteiger partial charge in [-0.15, -0.1) is 0 Å². The molecule has 0 radical (unpaired) electrons. The van der Waals surface area contributed by atoms with Gasteiger partial charge in [0.15, 0.2) is 5.96 Å². The summed E-state index contributed by atoms with van der Waals surface area (Å²) in [7, 11) is -0.739. The number of aliphatic imine (C=N–C) groups is 1. The Morgan fingerprint density at radius 3 is 2.63 bits per heavy atom. The van der Waals surface area contributed by atoms with E-state index >= 15 is 0 Å². The minimum absolute atomic E-state index is 0.132. The minimum Gasteiger partial charge on any atom is -0.381 e. The van der Waals surface area contributed by atoms with Gasteiger partial charge in [-0.25, -0.2) is 4.39 Å². The molecule has 0 amide bonds. The first-order valence-electron chi connectivity index (χ1n) is 11.3. The Kier molecular flexibility index (Phi) is 8.69. The van der Waals surface area contributed by atoms with Gasteiger partial charge >= 0.3 is 0 Å². The molecule has 2 N–H and O–H groups in total. The number of halogens is 1. The van der Waals surface area contributed by atoms with E-state index in [0.717, 1.165) is 62.3 Å². The Hall–Kier alpha value is -1.47. The zero-order valence-corrected chi connectivity index (χ0v) is 19.1. The maximum absolute atomic E-state index is 13.5. The smallest absolute Gasteiger partial charge is 0.191 e. The minimum atomic E-state index is -0.739. The number of nitrogens with one attached hydrogen (secondary N) is 2. The lowest BCUT2D eigenvalue weighted by atomic mass is 9.74. The highest BCUT2D eigenvalue weighted by Gasteiger charge is 2.35. The van der Waals surface area contributed by atoms with Crippen LogP contribution in [0.4, 0.5) is 4.39 Å². The van der Waals surface area contributed by atoms with Crippen LogP contribution in [0.2, 0.25) is 0 Å². The molecule has 168 valence electrons. The fourth-order valence-electron chi connectivity index (χ4n) is 4.60. The van der Waals surface area contributed by atoms with Crippen molar-refractivity contribution < 1.29 is 13.3 Å². The second kappa shape index (κ2) is 11.2. The summed E-state index contributed by atoms with van der Waals surface area (Å²) in [6.07, 6.45) is 5.93. The van der Waals surface area contributed by atoms with Gasteiger partial charge in [-0.1, -0.05) is 25.5 Å². The fraction of sp³-hybridized carbons (Fsp3) is 0.696. The van der Waals surface area contributed by atoms with Crippen molar-refractivity contribution in [3.05, 3.63) is 35.6 Å². The summed E-state index contributed by atoms with van der Waals surface area (Å²) in [5, 5.41) is 7.26. The summed E-state index contributed by atoms with van der Waals surface area (Å²) < 4.78 is 31.4. The van der Waals surface area contributed by atoms with Gasteiger partial charge in [0.05, 0.1) is 6.54 Å². The third-order valence-electron chi connectivity index (χ3n) is 6.41. The number of ether oxygens (including phenoxy) is 1. The number of nitrogens with zero attached hydrogens (tertiary/aromatic N) is 1. The number of rotatable bonds is 7. The predicted octanol–water partition coefficient (Wildman–Crippen LogP) is 3.51. The normalized spacial score (nSPS) is 25.5. The van der Waals surface area contributed by atoms with Crippen LogP contribution in [0, 0.1) is 5.82 Å². The summed E-state index contributed by atoms with van der Waals surface area (Å²) in [6.45, 7) is 6.89. The van der Waals surface area contributed by atoms with E-state index in [-0.39, 0.29) is 16.5 Å². The van der Waals surface area contributed by atoms with Gasteiger partial charge in [0.1, 0.15) is 5.82 Å². The van der Waals surface area contributed by atoms with Crippen LogP contribution in [0.5, 0.6) is 0 Å². The number of hydrogen-bond donors (Lipinski definition) is 2. The highest BCUT2D eigenvalue weighted by Crippen LogP contribution is 2.35. The largest absolute Gasteiger partial charge is 0.381 e. The average molecular weight is 438 g/mol. The van der Waals surface area contributed by atoms with E-state index in [1.807, 2.05) is 19.1 Å². The first-order chi connectivity index (χ1) is 14.6. The van der Waals surface area contributed by atoms with Gasteiger partial charge < -0.3 is 15.4 Å². The number of benzene rings is 1. The van der Waals surface area contributed by atoms with Crippen LogP contribution in [0.15, 0.2) is 29.3 Å². The lowest BCUT2D eigenvalue weighted by molar-refractivity contribution is 0.0530. The van der Waals surface area contributed by atoms with Gasteiger partial charge in [-0.2, -0.15) is 0 Å². The molecule has 1 saturated heterocycles. The Morgan fingerprint density at radius 1 is 1.23 bits per heavy atom. The molecule has 5 nitrogen and oxygen atoms in total. The summed E-state index contributed by atoms with van der Waals surface area (Å²) in [6, 6.07) is 7.16. The Balaban J connectivity index is 1.73. The van der Waals surface area contributed by atoms with E-state index in [4.69, 9.17) is 9.73 Å². The molecule has 3 rings (SSSR count). The molecule has 1 saturated carbocycles. The lowest BCUT2D eigenvalue weighted by Gasteiger charge is -2.37. The molecule has 2 fully saturated rings. The van der Waals surface area contributed by atoms with Crippen LogP contribution in [0.1, 0.15) is 57.9 Å². The maximum atomic E-state index is 13.5. The monoisotopic (exact) mass is 437 g/mol. The topological polar surface area (TPSA) is 62.7 Å². The van der Waals surface area contributed by atoms with Crippen molar-refractivity contribution in [3.8, 4) is 0 Å². The molecule has 3 unspecified atom stereocenters. The molecule has 30 heavy (non-hydrogen) atoms. The highest BCUT2D eigenvalue weighted by molar-refractivity contribution is 7.85. The zero-order chi connectivity index (χ0) is 21.4. The van der Waals surface area contributed by atoms with E-state index in [9.17, 15) is 8.60 Å². The molecule has 0 spiro atoms. The van der Waals surface area contributed by atoms with Crippen LogP contribution < -0.4 is 10.6 Å². The van der Waals surface area contributed by atoms with Crippen LogP contribution in [-0.4, -0.2) is 53.5 Å². The quantitative estimate of drug-likeness (QED) is 0.506. The van der Waals surface area contributed by atoms with E-state index in [1.165, 1.54) is 12.1 Å². The predicted molar refractivity (Wildman–Crippen MR) is 122 cm³/mol. The van der Waals surface area contributed by atoms with Crippen molar-refractivity contribution in [2.75, 3.05) is 32.1 Å². The van der Waals surface area contributed by atoms with Gasteiger partial charge in [0.2, 0.25) is 0 Å². The lowest BCUT2D eigenvalue weighted by Crippen LogP contribution is -2.47. The van der Waals surface area contributed by atoms with Crippen LogP contribution in [0.3, 0.4) is 0 Å². The standard InChI is InChI=1S/C23H36FN3O2S/c1-3-25-22(27-20-6-5-7-21(16-20)30(28)4-2)26-17-23(12-14-29-15-13-23)18-8-10-19(24)11-9-18/h8-11,20-21H,3-7,12-17H2,1-2H3,(H2,25,26,27).